The molecule has 1 amide bonds. The van der Waals surface area contributed by atoms with Crippen LogP contribution < -0.4 is 10.5 Å². The van der Waals surface area contributed by atoms with Crippen molar-refractivity contribution in [2.75, 3.05) is 7.11 Å². The van der Waals surface area contributed by atoms with E-state index in [-0.39, 0.29) is 11.8 Å². The number of fused-ring (bicyclic) bond motifs is 1. The second-order valence-corrected chi connectivity index (χ2v) is 6.08. The lowest BCUT2D eigenvalue weighted by molar-refractivity contribution is -0.119. The highest BCUT2D eigenvalue weighted by Gasteiger charge is 2.21. The number of hydrogen-bond acceptors (Lipinski definition) is 2. The fraction of sp³-hybridized carbons (Fsp3) is 0.190. The molecule has 0 aliphatic heterocycles. The highest BCUT2D eigenvalue weighted by molar-refractivity contribution is 5.93. The number of aryl methyl sites for hydroxylation is 1. The van der Waals surface area contributed by atoms with Crippen molar-refractivity contribution in [3.05, 3.63) is 77.4 Å². The summed E-state index contributed by atoms with van der Waals surface area (Å²) in [6.45, 7) is 2.05. The van der Waals surface area contributed by atoms with Gasteiger partial charge in [-0.05, 0) is 47.4 Å². The molecule has 0 aliphatic carbocycles. The van der Waals surface area contributed by atoms with Gasteiger partial charge in [-0.2, -0.15) is 0 Å². The first-order chi connectivity index (χ1) is 11.6. The Bertz CT molecular complexity index is 886. The molecule has 1 unspecified atom stereocenters. The zero-order valence-electron chi connectivity index (χ0n) is 14.0. The van der Waals surface area contributed by atoms with Gasteiger partial charge < -0.3 is 10.5 Å². The Kier molecular flexibility index (Phi) is 4.52. The third-order valence-electron chi connectivity index (χ3n) is 4.36. The second-order valence-electron chi connectivity index (χ2n) is 6.08. The van der Waals surface area contributed by atoms with E-state index in [0.29, 0.717) is 6.42 Å². The molecule has 0 saturated heterocycles. The number of methoxy groups -OCH3 is 1. The van der Waals surface area contributed by atoms with Crippen LogP contribution in [0.1, 0.15) is 22.6 Å². The molecule has 0 bridgehead atoms. The van der Waals surface area contributed by atoms with Crippen molar-refractivity contribution in [2.24, 2.45) is 5.73 Å². The molecule has 3 nitrogen and oxygen atoms in total. The van der Waals surface area contributed by atoms with Gasteiger partial charge in [0, 0.05) is 0 Å². The molecule has 122 valence electrons. The van der Waals surface area contributed by atoms with Crippen molar-refractivity contribution in [1.29, 1.82) is 0 Å². The Morgan fingerprint density at radius 2 is 1.88 bits per heavy atom. The Hall–Kier alpha value is -2.81. The molecule has 0 fully saturated rings. The van der Waals surface area contributed by atoms with Crippen molar-refractivity contribution in [2.45, 2.75) is 19.3 Å². The van der Waals surface area contributed by atoms with E-state index in [1.54, 1.807) is 7.11 Å². The maximum Gasteiger partial charge on any atom is 0.225 e. The van der Waals surface area contributed by atoms with E-state index in [4.69, 9.17) is 10.5 Å². The summed E-state index contributed by atoms with van der Waals surface area (Å²) in [5, 5.41) is 2.08. The Morgan fingerprint density at radius 1 is 1.08 bits per heavy atom. The van der Waals surface area contributed by atoms with Crippen LogP contribution in [0.5, 0.6) is 5.75 Å². The van der Waals surface area contributed by atoms with Gasteiger partial charge in [0.15, 0.2) is 0 Å². The molecule has 0 radical (unpaired) electrons. The van der Waals surface area contributed by atoms with Gasteiger partial charge in [0.05, 0.1) is 13.0 Å². The van der Waals surface area contributed by atoms with Crippen LogP contribution in [-0.4, -0.2) is 13.0 Å². The summed E-state index contributed by atoms with van der Waals surface area (Å²) >= 11 is 0. The van der Waals surface area contributed by atoms with E-state index < -0.39 is 0 Å². The van der Waals surface area contributed by atoms with Crippen molar-refractivity contribution < 1.29 is 9.53 Å². The number of amides is 1. The van der Waals surface area contributed by atoms with Crippen LogP contribution in [-0.2, 0) is 11.2 Å². The zero-order chi connectivity index (χ0) is 17.1. The van der Waals surface area contributed by atoms with Crippen LogP contribution in [0.2, 0.25) is 0 Å². The van der Waals surface area contributed by atoms with Crippen LogP contribution in [0.15, 0.2) is 60.7 Å². The molecule has 1 atom stereocenters. The summed E-state index contributed by atoms with van der Waals surface area (Å²) in [6.07, 6.45) is 0.591. The normalized spacial score (nSPS) is 12.1. The molecule has 3 aromatic carbocycles. The Morgan fingerprint density at radius 3 is 2.58 bits per heavy atom. The molecular formula is C21H21NO2. The molecule has 0 saturated carbocycles. The number of ether oxygens (including phenoxy) is 1. The standard InChI is InChI=1S/C21H21NO2/c1-14-5-3-6-15(11-14)12-20(21(22)23)18-8-4-7-16-9-10-17(24-2)13-19(16)18/h3-11,13,20H,12H2,1-2H3,(H2,22,23). The van der Waals surface area contributed by atoms with Crippen LogP contribution in [0.25, 0.3) is 10.8 Å². The Labute approximate surface area is 142 Å². The van der Waals surface area contributed by atoms with Crippen LogP contribution >= 0.6 is 0 Å². The molecule has 3 heteroatoms. The molecule has 24 heavy (non-hydrogen) atoms. The van der Waals surface area contributed by atoms with Crippen molar-refractivity contribution in [3.63, 3.8) is 0 Å². The van der Waals surface area contributed by atoms with Gasteiger partial charge in [-0.15, -0.1) is 0 Å². The molecule has 2 N–H and O–H groups in total. The number of primary amides is 1. The molecule has 3 rings (SSSR count). The quantitative estimate of drug-likeness (QED) is 0.773. The van der Waals surface area contributed by atoms with E-state index in [1.165, 1.54) is 5.56 Å². The summed E-state index contributed by atoms with van der Waals surface area (Å²) in [5.74, 6) is 0.0863. The number of rotatable bonds is 5. The maximum absolute atomic E-state index is 12.2. The highest BCUT2D eigenvalue weighted by atomic mass is 16.5. The van der Waals surface area contributed by atoms with E-state index in [2.05, 4.69) is 6.07 Å². The summed E-state index contributed by atoms with van der Waals surface area (Å²) in [5.41, 5.74) is 8.98. The monoisotopic (exact) mass is 319 g/mol. The lowest BCUT2D eigenvalue weighted by atomic mass is 9.87. The smallest absolute Gasteiger partial charge is 0.225 e. The summed E-state index contributed by atoms with van der Waals surface area (Å²) in [4.78, 5) is 12.2. The number of carbonyl (C=O) groups excluding carboxylic acids is 1. The van der Waals surface area contributed by atoms with Gasteiger partial charge in [0.1, 0.15) is 5.75 Å². The van der Waals surface area contributed by atoms with E-state index >= 15 is 0 Å². The van der Waals surface area contributed by atoms with E-state index in [1.807, 2.05) is 61.5 Å². The van der Waals surface area contributed by atoms with E-state index in [0.717, 1.165) is 27.6 Å². The molecule has 3 aromatic rings. The largest absolute Gasteiger partial charge is 0.497 e. The zero-order valence-corrected chi connectivity index (χ0v) is 14.0. The SMILES string of the molecule is COc1ccc2cccc(C(Cc3cccc(C)c3)C(N)=O)c2c1. The lowest BCUT2D eigenvalue weighted by Crippen LogP contribution is -2.23. The van der Waals surface area contributed by atoms with Crippen molar-refractivity contribution in [3.8, 4) is 5.75 Å². The second kappa shape index (κ2) is 6.75. The minimum Gasteiger partial charge on any atom is -0.497 e. The molecular weight excluding hydrogens is 298 g/mol. The number of hydrogen-bond donors (Lipinski definition) is 1. The molecule has 0 aromatic heterocycles. The van der Waals surface area contributed by atoms with Gasteiger partial charge in [-0.25, -0.2) is 0 Å². The fourth-order valence-electron chi connectivity index (χ4n) is 3.15. The van der Waals surface area contributed by atoms with Crippen LogP contribution in [0.4, 0.5) is 0 Å². The third kappa shape index (κ3) is 3.25. The third-order valence-corrected chi connectivity index (χ3v) is 4.36. The predicted octanol–water partition coefficient (Wildman–Crippen LogP) is 3.97. The molecule has 0 aliphatic rings. The number of nitrogens with two attached hydrogens (primary N) is 1. The first kappa shape index (κ1) is 16.1. The first-order valence-electron chi connectivity index (χ1n) is 8.00. The average molecular weight is 319 g/mol. The minimum atomic E-state index is -0.373. The minimum absolute atomic E-state index is 0.313. The van der Waals surface area contributed by atoms with Gasteiger partial charge in [-0.1, -0.05) is 54.1 Å². The van der Waals surface area contributed by atoms with Gasteiger partial charge in [0.25, 0.3) is 0 Å². The summed E-state index contributed by atoms with van der Waals surface area (Å²) in [7, 11) is 1.64. The molecule has 0 heterocycles. The predicted molar refractivity (Wildman–Crippen MR) is 97.3 cm³/mol. The number of benzene rings is 3. The van der Waals surface area contributed by atoms with Gasteiger partial charge in [-0.3, -0.25) is 4.79 Å². The van der Waals surface area contributed by atoms with Crippen LogP contribution in [0, 0.1) is 6.92 Å². The van der Waals surface area contributed by atoms with Crippen molar-refractivity contribution in [1.82, 2.24) is 0 Å². The Balaban J connectivity index is 2.08. The summed E-state index contributed by atoms with van der Waals surface area (Å²) in [6, 6.07) is 20.1. The van der Waals surface area contributed by atoms with Crippen molar-refractivity contribution >= 4 is 16.7 Å². The van der Waals surface area contributed by atoms with E-state index in [9.17, 15) is 4.79 Å². The first-order valence-corrected chi connectivity index (χ1v) is 8.00. The fourth-order valence-corrected chi connectivity index (χ4v) is 3.15. The van der Waals surface area contributed by atoms with Crippen LogP contribution in [0.3, 0.4) is 0 Å². The summed E-state index contributed by atoms with van der Waals surface area (Å²) < 4.78 is 5.34. The van der Waals surface area contributed by atoms with Gasteiger partial charge >= 0.3 is 0 Å². The lowest BCUT2D eigenvalue weighted by Gasteiger charge is -2.17. The number of carbonyl (C=O) groups is 1. The molecule has 0 spiro atoms. The topological polar surface area (TPSA) is 52.3 Å². The van der Waals surface area contributed by atoms with Gasteiger partial charge in [0.2, 0.25) is 5.91 Å². The average Bonchev–Trinajstić information content (AvgIpc) is 2.58. The maximum atomic E-state index is 12.2. The highest BCUT2D eigenvalue weighted by Crippen LogP contribution is 2.31.